The van der Waals surface area contributed by atoms with Gasteiger partial charge in [-0.05, 0) is 39.3 Å². The zero-order valence-corrected chi connectivity index (χ0v) is 10.3. The van der Waals surface area contributed by atoms with E-state index >= 15 is 0 Å². The van der Waals surface area contributed by atoms with Gasteiger partial charge in [-0.3, -0.25) is 9.78 Å². The number of rotatable bonds is 3. The van der Waals surface area contributed by atoms with Crippen molar-refractivity contribution in [1.29, 1.82) is 0 Å². The third-order valence-electron chi connectivity index (χ3n) is 2.07. The van der Waals surface area contributed by atoms with Crippen LogP contribution in [-0.2, 0) is 4.79 Å². The topological polar surface area (TPSA) is 54.0 Å². The highest BCUT2D eigenvalue weighted by Crippen LogP contribution is 2.11. The summed E-state index contributed by atoms with van der Waals surface area (Å²) in [6, 6.07) is 1.80. The van der Waals surface area contributed by atoms with Gasteiger partial charge in [0.1, 0.15) is 0 Å². The molecule has 0 aliphatic heterocycles. The lowest BCUT2D eigenvalue weighted by atomic mass is 10.1. The Morgan fingerprint density at radius 1 is 1.44 bits per heavy atom. The summed E-state index contributed by atoms with van der Waals surface area (Å²) in [5, 5.41) is 5.98. The zero-order chi connectivity index (χ0) is 12.2. The van der Waals surface area contributed by atoms with E-state index in [4.69, 9.17) is 0 Å². The van der Waals surface area contributed by atoms with Crippen LogP contribution in [0.15, 0.2) is 18.5 Å². The van der Waals surface area contributed by atoms with E-state index in [9.17, 15) is 4.79 Å². The number of pyridine rings is 1. The van der Waals surface area contributed by atoms with Gasteiger partial charge in [-0.15, -0.1) is 0 Å². The van der Waals surface area contributed by atoms with Crippen molar-refractivity contribution >= 4 is 11.6 Å². The molecule has 0 aliphatic carbocycles. The highest BCUT2D eigenvalue weighted by Gasteiger charge is 2.11. The molecular weight excluding hydrogens is 202 g/mol. The second-order valence-electron chi connectivity index (χ2n) is 4.84. The Morgan fingerprint density at radius 3 is 2.69 bits per heavy atom. The summed E-state index contributed by atoms with van der Waals surface area (Å²) in [6.45, 7) is 8.30. The van der Waals surface area contributed by atoms with Crippen LogP contribution in [0.3, 0.4) is 0 Å². The van der Waals surface area contributed by atoms with Crippen LogP contribution in [0.5, 0.6) is 0 Å². The molecule has 88 valence electrons. The van der Waals surface area contributed by atoms with E-state index in [1.165, 1.54) is 0 Å². The first-order valence-corrected chi connectivity index (χ1v) is 5.34. The summed E-state index contributed by atoms with van der Waals surface area (Å²) in [5.41, 5.74) is 1.73. The van der Waals surface area contributed by atoms with Crippen molar-refractivity contribution in [3.8, 4) is 0 Å². The van der Waals surface area contributed by atoms with E-state index in [2.05, 4.69) is 15.6 Å². The van der Waals surface area contributed by atoms with Gasteiger partial charge in [0.15, 0.2) is 0 Å². The Kier molecular flexibility index (Phi) is 4.01. The first-order valence-electron chi connectivity index (χ1n) is 5.34. The fourth-order valence-electron chi connectivity index (χ4n) is 1.15. The van der Waals surface area contributed by atoms with E-state index in [-0.39, 0.29) is 11.4 Å². The molecule has 0 spiro atoms. The molecule has 0 fully saturated rings. The lowest BCUT2D eigenvalue weighted by molar-refractivity contribution is -0.115. The number of anilines is 1. The smallest absolute Gasteiger partial charge is 0.238 e. The molecule has 0 radical (unpaired) electrons. The minimum absolute atomic E-state index is 0.0378. The number of amides is 1. The third-order valence-corrected chi connectivity index (χ3v) is 2.07. The van der Waals surface area contributed by atoms with E-state index < -0.39 is 0 Å². The number of carbonyl (C=O) groups excluding carboxylic acids is 1. The molecule has 1 aromatic rings. The maximum atomic E-state index is 11.6. The van der Waals surface area contributed by atoms with Gasteiger partial charge in [0.25, 0.3) is 0 Å². The Hall–Kier alpha value is -1.42. The van der Waals surface area contributed by atoms with Gasteiger partial charge in [-0.1, -0.05) is 0 Å². The van der Waals surface area contributed by atoms with Crippen molar-refractivity contribution in [2.24, 2.45) is 0 Å². The average molecular weight is 221 g/mol. The predicted octanol–water partition coefficient (Wildman–Crippen LogP) is 1.72. The third kappa shape index (κ3) is 4.40. The van der Waals surface area contributed by atoms with Crippen LogP contribution in [0, 0.1) is 6.92 Å². The molecule has 4 nitrogen and oxygen atoms in total. The molecule has 2 N–H and O–H groups in total. The summed E-state index contributed by atoms with van der Waals surface area (Å²) in [7, 11) is 0. The van der Waals surface area contributed by atoms with Crippen LogP contribution >= 0.6 is 0 Å². The largest absolute Gasteiger partial charge is 0.325 e. The van der Waals surface area contributed by atoms with E-state index in [1.54, 1.807) is 18.5 Å². The molecule has 16 heavy (non-hydrogen) atoms. The van der Waals surface area contributed by atoms with Gasteiger partial charge >= 0.3 is 0 Å². The average Bonchev–Trinajstić information content (AvgIpc) is 2.18. The minimum Gasteiger partial charge on any atom is -0.325 e. The lowest BCUT2D eigenvalue weighted by Gasteiger charge is -2.20. The fourth-order valence-corrected chi connectivity index (χ4v) is 1.15. The van der Waals surface area contributed by atoms with Gasteiger partial charge in [-0.2, -0.15) is 0 Å². The van der Waals surface area contributed by atoms with E-state index in [0.29, 0.717) is 6.54 Å². The normalized spacial score (nSPS) is 11.2. The van der Waals surface area contributed by atoms with Crippen molar-refractivity contribution in [3.63, 3.8) is 0 Å². The second-order valence-corrected chi connectivity index (χ2v) is 4.84. The molecule has 1 rings (SSSR count). The minimum atomic E-state index is -0.0510. The van der Waals surface area contributed by atoms with Gasteiger partial charge in [0.05, 0.1) is 6.54 Å². The van der Waals surface area contributed by atoms with E-state index in [0.717, 1.165) is 11.3 Å². The fraction of sp³-hybridized carbons (Fsp3) is 0.500. The summed E-state index contributed by atoms with van der Waals surface area (Å²) in [5.74, 6) is -0.0378. The zero-order valence-electron chi connectivity index (χ0n) is 10.3. The maximum absolute atomic E-state index is 11.6. The molecule has 1 heterocycles. The van der Waals surface area contributed by atoms with Crippen LogP contribution < -0.4 is 10.6 Å². The Bertz CT molecular complexity index is 369. The highest BCUT2D eigenvalue weighted by atomic mass is 16.1. The Labute approximate surface area is 96.5 Å². The summed E-state index contributed by atoms with van der Waals surface area (Å²) in [4.78, 5) is 15.6. The standard InChI is InChI=1S/C12H19N3O/c1-9-7-13-6-5-10(9)15-11(16)8-14-12(2,3)4/h5-7,14H,8H2,1-4H3,(H,13,15,16). The number of hydrogen-bond donors (Lipinski definition) is 2. The molecule has 1 amide bonds. The van der Waals surface area contributed by atoms with Crippen LogP contribution in [0.25, 0.3) is 0 Å². The molecule has 0 atom stereocenters. The van der Waals surface area contributed by atoms with Crippen LogP contribution in [-0.4, -0.2) is 23.0 Å². The number of aromatic nitrogens is 1. The number of carbonyl (C=O) groups is 1. The number of nitrogens with one attached hydrogen (secondary N) is 2. The summed E-state index contributed by atoms with van der Waals surface area (Å²) < 4.78 is 0. The molecular formula is C12H19N3O. The molecule has 4 heteroatoms. The molecule has 0 bridgehead atoms. The van der Waals surface area contributed by atoms with Crippen molar-refractivity contribution in [3.05, 3.63) is 24.0 Å². The van der Waals surface area contributed by atoms with Crippen molar-refractivity contribution in [2.45, 2.75) is 33.2 Å². The summed E-state index contributed by atoms with van der Waals surface area (Å²) in [6.07, 6.45) is 3.40. The molecule has 0 aromatic carbocycles. The van der Waals surface area contributed by atoms with Crippen LogP contribution in [0.2, 0.25) is 0 Å². The number of nitrogens with zero attached hydrogens (tertiary/aromatic N) is 1. The van der Waals surface area contributed by atoms with Crippen molar-refractivity contribution in [2.75, 3.05) is 11.9 Å². The SMILES string of the molecule is Cc1cnccc1NC(=O)CNC(C)(C)C. The van der Waals surface area contributed by atoms with Crippen LogP contribution in [0.4, 0.5) is 5.69 Å². The quantitative estimate of drug-likeness (QED) is 0.817. The molecule has 1 aromatic heterocycles. The second kappa shape index (κ2) is 5.07. The number of aryl methyl sites for hydroxylation is 1. The van der Waals surface area contributed by atoms with E-state index in [1.807, 2.05) is 27.7 Å². The Balaban J connectivity index is 2.50. The van der Waals surface area contributed by atoms with Gasteiger partial charge in [-0.25, -0.2) is 0 Å². The monoisotopic (exact) mass is 221 g/mol. The predicted molar refractivity (Wildman–Crippen MR) is 65.4 cm³/mol. The van der Waals surface area contributed by atoms with Gasteiger partial charge in [0, 0.05) is 23.6 Å². The highest BCUT2D eigenvalue weighted by molar-refractivity contribution is 5.92. The first kappa shape index (κ1) is 12.6. The van der Waals surface area contributed by atoms with Crippen molar-refractivity contribution < 1.29 is 4.79 Å². The molecule has 0 aliphatic rings. The van der Waals surface area contributed by atoms with Gasteiger partial charge in [0.2, 0.25) is 5.91 Å². The molecule has 0 unspecified atom stereocenters. The molecule has 0 saturated heterocycles. The number of hydrogen-bond acceptors (Lipinski definition) is 3. The van der Waals surface area contributed by atoms with Crippen LogP contribution in [0.1, 0.15) is 26.3 Å². The summed E-state index contributed by atoms with van der Waals surface area (Å²) >= 11 is 0. The maximum Gasteiger partial charge on any atom is 0.238 e. The van der Waals surface area contributed by atoms with Gasteiger partial charge < -0.3 is 10.6 Å². The Morgan fingerprint density at radius 2 is 2.12 bits per heavy atom. The van der Waals surface area contributed by atoms with Crippen molar-refractivity contribution in [1.82, 2.24) is 10.3 Å². The lowest BCUT2D eigenvalue weighted by Crippen LogP contribution is -2.41. The first-order chi connectivity index (χ1) is 7.38. The molecule has 0 saturated carbocycles.